The molecule has 0 spiro atoms. The van der Waals surface area contributed by atoms with Gasteiger partial charge in [0.2, 0.25) is 0 Å². The molecular formula is C15H10Cl2FN. The molecule has 0 N–H and O–H groups in total. The van der Waals surface area contributed by atoms with E-state index >= 15 is 0 Å². The molecule has 0 amide bonds. The maximum atomic E-state index is 13.3. The van der Waals surface area contributed by atoms with Crippen molar-refractivity contribution >= 4 is 34.1 Å². The van der Waals surface area contributed by atoms with Gasteiger partial charge in [-0.2, -0.15) is 0 Å². The van der Waals surface area contributed by atoms with Crippen molar-refractivity contribution in [2.24, 2.45) is 0 Å². The normalized spacial score (nSPS) is 11.1. The van der Waals surface area contributed by atoms with Crippen LogP contribution in [-0.4, -0.2) is 4.57 Å². The predicted octanol–water partition coefficient (Wildman–Crippen LogP) is 5.14. The van der Waals surface area contributed by atoms with Crippen LogP contribution >= 0.6 is 23.2 Å². The van der Waals surface area contributed by atoms with Gasteiger partial charge < -0.3 is 4.57 Å². The third-order valence-corrected chi connectivity index (χ3v) is 3.68. The minimum Gasteiger partial charge on any atom is -0.343 e. The molecule has 0 radical (unpaired) electrons. The molecule has 0 saturated heterocycles. The van der Waals surface area contributed by atoms with Gasteiger partial charge in [0.25, 0.3) is 0 Å². The fraction of sp³-hybridized carbons (Fsp3) is 0.0667. The minimum absolute atomic E-state index is 0.241. The van der Waals surface area contributed by atoms with Crippen LogP contribution in [0.25, 0.3) is 10.9 Å². The summed E-state index contributed by atoms with van der Waals surface area (Å²) in [6.45, 7) is 0.586. The zero-order valence-corrected chi connectivity index (χ0v) is 11.4. The highest BCUT2D eigenvalue weighted by atomic mass is 35.5. The van der Waals surface area contributed by atoms with Gasteiger partial charge in [0.1, 0.15) is 5.82 Å². The summed E-state index contributed by atoms with van der Waals surface area (Å²) in [5.74, 6) is -0.241. The predicted molar refractivity (Wildman–Crippen MR) is 77.5 cm³/mol. The number of halogens is 3. The monoisotopic (exact) mass is 293 g/mol. The second-order valence-corrected chi connectivity index (χ2v) is 5.23. The minimum atomic E-state index is -0.241. The zero-order valence-electron chi connectivity index (χ0n) is 9.91. The highest BCUT2D eigenvalue weighted by Gasteiger charge is 2.06. The molecule has 0 aliphatic rings. The van der Waals surface area contributed by atoms with E-state index in [2.05, 4.69) is 0 Å². The summed E-state index contributed by atoms with van der Waals surface area (Å²) in [6, 6.07) is 12.1. The van der Waals surface area contributed by atoms with E-state index in [0.717, 1.165) is 16.5 Å². The molecule has 2 aromatic carbocycles. The fourth-order valence-electron chi connectivity index (χ4n) is 2.13. The van der Waals surface area contributed by atoms with Crippen molar-refractivity contribution in [2.75, 3.05) is 0 Å². The van der Waals surface area contributed by atoms with Gasteiger partial charge in [0.05, 0.1) is 5.52 Å². The van der Waals surface area contributed by atoms with Crippen LogP contribution in [0.1, 0.15) is 5.56 Å². The molecule has 3 rings (SSSR count). The first-order valence-corrected chi connectivity index (χ1v) is 6.57. The lowest BCUT2D eigenvalue weighted by Crippen LogP contribution is -1.98. The molecule has 0 bridgehead atoms. The van der Waals surface area contributed by atoms with Crippen LogP contribution in [0.2, 0.25) is 10.0 Å². The molecule has 1 heterocycles. The molecule has 0 unspecified atom stereocenters. The molecule has 0 aliphatic carbocycles. The molecule has 19 heavy (non-hydrogen) atoms. The van der Waals surface area contributed by atoms with Gasteiger partial charge in [-0.25, -0.2) is 4.39 Å². The highest BCUT2D eigenvalue weighted by Crippen LogP contribution is 2.24. The van der Waals surface area contributed by atoms with Crippen LogP contribution in [0.3, 0.4) is 0 Å². The molecule has 1 nitrogen and oxygen atoms in total. The van der Waals surface area contributed by atoms with Crippen molar-refractivity contribution in [3.8, 4) is 0 Å². The van der Waals surface area contributed by atoms with Crippen LogP contribution < -0.4 is 0 Å². The lowest BCUT2D eigenvalue weighted by atomic mass is 10.2. The van der Waals surface area contributed by atoms with Crippen LogP contribution in [0, 0.1) is 5.82 Å². The van der Waals surface area contributed by atoms with Crippen molar-refractivity contribution in [2.45, 2.75) is 6.54 Å². The van der Waals surface area contributed by atoms with Crippen molar-refractivity contribution in [3.63, 3.8) is 0 Å². The van der Waals surface area contributed by atoms with E-state index in [9.17, 15) is 4.39 Å². The molecule has 0 aliphatic heterocycles. The molecule has 4 heteroatoms. The van der Waals surface area contributed by atoms with Crippen LogP contribution in [-0.2, 0) is 6.54 Å². The molecular weight excluding hydrogens is 284 g/mol. The molecule has 1 aromatic heterocycles. The smallest absolute Gasteiger partial charge is 0.125 e. The Balaban J connectivity index is 2.03. The Bertz CT molecular complexity index is 749. The Kier molecular flexibility index (Phi) is 3.21. The molecule has 0 atom stereocenters. The Morgan fingerprint density at radius 3 is 2.63 bits per heavy atom. The second-order valence-electron chi connectivity index (χ2n) is 4.38. The third-order valence-electron chi connectivity index (χ3n) is 3.09. The lowest BCUT2D eigenvalue weighted by molar-refractivity contribution is 0.628. The molecule has 0 fully saturated rings. The van der Waals surface area contributed by atoms with Crippen LogP contribution in [0.5, 0.6) is 0 Å². The van der Waals surface area contributed by atoms with Gasteiger partial charge in [-0.05, 0) is 47.3 Å². The van der Waals surface area contributed by atoms with E-state index in [-0.39, 0.29) is 5.82 Å². The maximum Gasteiger partial charge on any atom is 0.125 e. The summed E-state index contributed by atoms with van der Waals surface area (Å²) in [4.78, 5) is 0. The van der Waals surface area contributed by atoms with Crippen molar-refractivity contribution < 1.29 is 4.39 Å². The van der Waals surface area contributed by atoms with E-state index in [4.69, 9.17) is 23.2 Å². The van der Waals surface area contributed by atoms with Crippen molar-refractivity contribution in [1.29, 1.82) is 0 Å². The van der Waals surface area contributed by atoms with E-state index in [1.165, 1.54) is 12.1 Å². The molecule has 0 saturated carbocycles. The van der Waals surface area contributed by atoms with Gasteiger partial charge >= 0.3 is 0 Å². The summed E-state index contributed by atoms with van der Waals surface area (Å²) >= 11 is 12.0. The first-order chi connectivity index (χ1) is 9.13. The summed E-state index contributed by atoms with van der Waals surface area (Å²) < 4.78 is 15.3. The number of aromatic nitrogens is 1. The van der Waals surface area contributed by atoms with Crippen LogP contribution in [0.4, 0.5) is 4.39 Å². The first-order valence-electron chi connectivity index (χ1n) is 5.82. The Labute approximate surface area is 120 Å². The number of fused-ring (bicyclic) bond motifs is 1. The van der Waals surface area contributed by atoms with Crippen molar-refractivity contribution in [1.82, 2.24) is 4.57 Å². The van der Waals surface area contributed by atoms with Gasteiger partial charge in [0.15, 0.2) is 0 Å². The van der Waals surface area contributed by atoms with Gasteiger partial charge in [-0.3, -0.25) is 0 Å². The third kappa shape index (κ3) is 2.46. The topological polar surface area (TPSA) is 4.93 Å². The average Bonchev–Trinajstić information content (AvgIpc) is 2.75. The van der Waals surface area contributed by atoms with E-state index in [1.54, 1.807) is 18.2 Å². The van der Waals surface area contributed by atoms with E-state index in [1.807, 2.05) is 22.9 Å². The quantitative estimate of drug-likeness (QED) is 0.617. The largest absolute Gasteiger partial charge is 0.343 e. The molecule has 3 aromatic rings. The number of rotatable bonds is 2. The first kappa shape index (κ1) is 12.5. The fourth-order valence-corrected chi connectivity index (χ4v) is 2.60. The Hall–Kier alpha value is -1.51. The van der Waals surface area contributed by atoms with Gasteiger partial charge in [0, 0.05) is 22.8 Å². The number of nitrogens with zero attached hydrogens (tertiary/aromatic N) is 1. The van der Waals surface area contributed by atoms with E-state index in [0.29, 0.717) is 16.6 Å². The zero-order chi connectivity index (χ0) is 13.4. The summed E-state index contributed by atoms with van der Waals surface area (Å²) in [5.41, 5.74) is 1.80. The average molecular weight is 294 g/mol. The van der Waals surface area contributed by atoms with E-state index < -0.39 is 0 Å². The highest BCUT2D eigenvalue weighted by molar-refractivity contribution is 6.35. The summed E-state index contributed by atoms with van der Waals surface area (Å²) in [5, 5.41) is 2.23. The Morgan fingerprint density at radius 2 is 1.84 bits per heavy atom. The second kappa shape index (κ2) is 4.87. The maximum absolute atomic E-state index is 13.3. The summed E-state index contributed by atoms with van der Waals surface area (Å²) in [6.07, 6.45) is 1.93. The number of hydrogen-bond acceptors (Lipinski definition) is 0. The Morgan fingerprint density at radius 1 is 1.00 bits per heavy atom. The van der Waals surface area contributed by atoms with Crippen LogP contribution in [0.15, 0.2) is 48.7 Å². The lowest BCUT2D eigenvalue weighted by Gasteiger charge is -2.08. The number of hydrogen-bond donors (Lipinski definition) is 0. The van der Waals surface area contributed by atoms with Crippen molar-refractivity contribution in [3.05, 3.63) is 70.1 Å². The molecule has 96 valence electrons. The van der Waals surface area contributed by atoms with Gasteiger partial charge in [-0.15, -0.1) is 0 Å². The SMILES string of the molecule is Fc1ccc2ccn(Cc3ccc(Cl)cc3Cl)c2c1. The standard InChI is InChI=1S/C15H10Cl2FN/c16-12-3-1-11(14(17)7-12)9-19-6-5-10-2-4-13(18)8-15(10)19/h1-8H,9H2. The summed E-state index contributed by atoms with van der Waals surface area (Å²) in [7, 11) is 0. The number of benzene rings is 2. The van der Waals surface area contributed by atoms with Gasteiger partial charge in [-0.1, -0.05) is 29.3 Å².